The van der Waals surface area contributed by atoms with Crippen molar-refractivity contribution in [3.8, 4) is 0 Å². The van der Waals surface area contributed by atoms with Gasteiger partial charge in [0.15, 0.2) is 0 Å². The van der Waals surface area contributed by atoms with E-state index >= 15 is 0 Å². The number of hydrogen-bond acceptors (Lipinski definition) is 5. The minimum Gasteiger partial charge on any atom is -0.355 e. The summed E-state index contributed by atoms with van der Waals surface area (Å²) in [6.07, 6.45) is 3.47. The van der Waals surface area contributed by atoms with Crippen LogP contribution >= 0.6 is 0 Å². The number of rotatable bonds is 6. The Balaban J connectivity index is 1.56. The predicted molar refractivity (Wildman–Crippen MR) is 88.3 cm³/mol. The molecule has 1 atom stereocenters. The monoisotopic (exact) mass is 326 g/mol. The summed E-state index contributed by atoms with van der Waals surface area (Å²) in [6, 6.07) is 7.17. The number of aromatic nitrogens is 5. The summed E-state index contributed by atoms with van der Waals surface area (Å²) >= 11 is 0. The van der Waals surface area contributed by atoms with Crippen LogP contribution in [0.4, 0.5) is 0 Å². The van der Waals surface area contributed by atoms with Crippen LogP contribution in [0.2, 0.25) is 0 Å². The number of benzene rings is 1. The van der Waals surface area contributed by atoms with Crippen LogP contribution in [-0.2, 0) is 17.8 Å². The van der Waals surface area contributed by atoms with Crippen molar-refractivity contribution in [1.82, 2.24) is 30.0 Å². The highest BCUT2D eigenvalue weighted by Crippen LogP contribution is 2.05. The maximum Gasteiger partial charge on any atom is 0.258 e. The highest BCUT2D eigenvalue weighted by molar-refractivity contribution is 5.78. The molecule has 1 aromatic carbocycles. The van der Waals surface area contributed by atoms with Gasteiger partial charge in [0.2, 0.25) is 5.91 Å². The van der Waals surface area contributed by atoms with E-state index in [0.717, 1.165) is 0 Å². The van der Waals surface area contributed by atoms with E-state index in [1.807, 2.05) is 13.0 Å². The van der Waals surface area contributed by atoms with Crippen molar-refractivity contribution in [3.05, 3.63) is 53.1 Å². The predicted octanol–water partition coefficient (Wildman–Crippen LogP) is 0.510. The summed E-state index contributed by atoms with van der Waals surface area (Å²) in [5, 5.41) is 7.39. The fourth-order valence-electron chi connectivity index (χ4n) is 2.42. The molecule has 8 nitrogen and oxygen atoms in total. The molecule has 0 aliphatic heterocycles. The first-order valence-corrected chi connectivity index (χ1v) is 7.71. The van der Waals surface area contributed by atoms with Crippen LogP contribution in [0.3, 0.4) is 0 Å². The molecule has 3 aromatic rings. The van der Waals surface area contributed by atoms with E-state index in [2.05, 4.69) is 25.4 Å². The summed E-state index contributed by atoms with van der Waals surface area (Å²) in [4.78, 5) is 35.1. The van der Waals surface area contributed by atoms with Crippen molar-refractivity contribution in [1.29, 1.82) is 0 Å². The summed E-state index contributed by atoms with van der Waals surface area (Å²) in [6.45, 7) is 2.70. The van der Waals surface area contributed by atoms with E-state index in [-0.39, 0.29) is 17.4 Å². The highest BCUT2D eigenvalue weighted by atomic mass is 16.2. The maximum absolute atomic E-state index is 12.1. The lowest BCUT2D eigenvalue weighted by molar-refractivity contribution is -0.124. The molecule has 124 valence electrons. The number of para-hydroxylation sites is 1. The SMILES string of the molecule is CC(Cn1cncn1)C(=O)NCCc1nc2ccccc2c(=O)[nH]1. The van der Waals surface area contributed by atoms with Crippen LogP contribution in [0.5, 0.6) is 0 Å². The number of fused-ring (bicyclic) bond motifs is 1. The molecular weight excluding hydrogens is 308 g/mol. The lowest BCUT2D eigenvalue weighted by Gasteiger charge is -2.11. The minimum absolute atomic E-state index is 0.0753. The Morgan fingerprint density at radius 2 is 2.21 bits per heavy atom. The molecule has 3 rings (SSSR count). The van der Waals surface area contributed by atoms with Crippen molar-refractivity contribution < 1.29 is 4.79 Å². The van der Waals surface area contributed by atoms with Gasteiger partial charge in [-0.1, -0.05) is 19.1 Å². The maximum atomic E-state index is 12.1. The van der Waals surface area contributed by atoms with Gasteiger partial charge in [0.25, 0.3) is 5.56 Å². The van der Waals surface area contributed by atoms with Gasteiger partial charge in [0, 0.05) is 13.0 Å². The van der Waals surface area contributed by atoms with Crippen LogP contribution in [-0.4, -0.2) is 37.2 Å². The van der Waals surface area contributed by atoms with Crippen LogP contribution in [0.15, 0.2) is 41.7 Å². The summed E-state index contributed by atoms with van der Waals surface area (Å²) < 4.78 is 1.62. The Hall–Kier alpha value is -3.03. The molecule has 24 heavy (non-hydrogen) atoms. The van der Waals surface area contributed by atoms with Gasteiger partial charge in [0.05, 0.1) is 23.4 Å². The molecule has 1 unspecified atom stereocenters. The van der Waals surface area contributed by atoms with Gasteiger partial charge >= 0.3 is 0 Å². The van der Waals surface area contributed by atoms with E-state index in [0.29, 0.717) is 36.2 Å². The molecule has 2 heterocycles. The normalized spacial score (nSPS) is 12.2. The summed E-state index contributed by atoms with van der Waals surface area (Å²) in [5.74, 6) is 0.256. The zero-order chi connectivity index (χ0) is 16.9. The third-order valence-electron chi connectivity index (χ3n) is 3.70. The molecule has 8 heteroatoms. The number of nitrogens with zero attached hydrogens (tertiary/aromatic N) is 4. The fourth-order valence-corrected chi connectivity index (χ4v) is 2.42. The number of hydrogen-bond donors (Lipinski definition) is 2. The van der Waals surface area contributed by atoms with Crippen molar-refractivity contribution in [3.63, 3.8) is 0 Å². The Morgan fingerprint density at radius 3 is 3.00 bits per heavy atom. The molecule has 0 saturated carbocycles. The molecule has 0 radical (unpaired) electrons. The largest absolute Gasteiger partial charge is 0.355 e. The molecule has 0 saturated heterocycles. The third kappa shape index (κ3) is 3.65. The number of carbonyl (C=O) groups is 1. The zero-order valence-corrected chi connectivity index (χ0v) is 13.3. The molecule has 0 bridgehead atoms. The van der Waals surface area contributed by atoms with E-state index in [1.54, 1.807) is 29.2 Å². The second kappa shape index (κ2) is 7.03. The van der Waals surface area contributed by atoms with Gasteiger partial charge in [-0.2, -0.15) is 5.10 Å². The van der Waals surface area contributed by atoms with Crippen molar-refractivity contribution in [2.45, 2.75) is 19.9 Å². The van der Waals surface area contributed by atoms with E-state index in [9.17, 15) is 9.59 Å². The minimum atomic E-state index is -0.227. The first kappa shape index (κ1) is 15.9. The second-order valence-electron chi connectivity index (χ2n) is 5.59. The van der Waals surface area contributed by atoms with Crippen molar-refractivity contribution in [2.75, 3.05) is 6.54 Å². The Bertz CT molecular complexity index is 887. The molecule has 0 aliphatic carbocycles. The number of H-pyrrole nitrogens is 1. The third-order valence-corrected chi connectivity index (χ3v) is 3.70. The molecule has 2 aromatic heterocycles. The van der Waals surface area contributed by atoms with Crippen LogP contribution in [0.25, 0.3) is 10.9 Å². The smallest absolute Gasteiger partial charge is 0.258 e. The standard InChI is InChI=1S/C16H18N6O2/c1-11(8-22-10-17-9-19-22)15(23)18-7-6-14-20-13-5-3-2-4-12(13)16(24)21-14/h2-5,9-11H,6-8H2,1H3,(H,18,23)(H,20,21,24). The number of carbonyl (C=O) groups excluding carboxylic acids is 1. The van der Waals surface area contributed by atoms with Gasteiger partial charge in [0.1, 0.15) is 18.5 Å². The van der Waals surface area contributed by atoms with Crippen LogP contribution in [0, 0.1) is 5.92 Å². The topological polar surface area (TPSA) is 106 Å². The number of amides is 1. The van der Waals surface area contributed by atoms with Crippen molar-refractivity contribution >= 4 is 16.8 Å². The first-order valence-electron chi connectivity index (χ1n) is 7.71. The quantitative estimate of drug-likeness (QED) is 0.686. The van der Waals surface area contributed by atoms with Gasteiger partial charge in [-0.15, -0.1) is 0 Å². The molecule has 0 spiro atoms. The lowest BCUT2D eigenvalue weighted by atomic mass is 10.1. The Labute approximate surface area is 137 Å². The highest BCUT2D eigenvalue weighted by Gasteiger charge is 2.13. The molecular formula is C16H18N6O2. The lowest BCUT2D eigenvalue weighted by Crippen LogP contribution is -2.33. The van der Waals surface area contributed by atoms with Gasteiger partial charge < -0.3 is 10.3 Å². The average Bonchev–Trinajstić information content (AvgIpc) is 3.08. The molecule has 0 fully saturated rings. The fraction of sp³-hybridized carbons (Fsp3) is 0.312. The summed E-state index contributed by atoms with van der Waals surface area (Å²) in [7, 11) is 0. The van der Waals surface area contributed by atoms with E-state index < -0.39 is 0 Å². The van der Waals surface area contributed by atoms with Crippen LogP contribution < -0.4 is 10.9 Å². The molecule has 1 amide bonds. The first-order chi connectivity index (χ1) is 11.6. The van der Waals surface area contributed by atoms with Crippen LogP contribution in [0.1, 0.15) is 12.7 Å². The Morgan fingerprint density at radius 1 is 1.38 bits per heavy atom. The number of nitrogens with one attached hydrogen (secondary N) is 2. The average molecular weight is 326 g/mol. The van der Waals surface area contributed by atoms with Crippen molar-refractivity contribution in [2.24, 2.45) is 5.92 Å². The van der Waals surface area contributed by atoms with Gasteiger partial charge in [-0.05, 0) is 12.1 Å². The number of aromatic amines is 1. The second-order valence-corrected chi connectivity index (χ2v) is 5.59. The van der Waals surface area contributed by atoms with Gasteiger partial charge in [-0.3, -0.25) is 14.3 Å². The Kier molecular flexibility index (Phi) is 4.64. The summed E-state index contributed by atoms with van der Waals surface area (Å²) in [5.41, 5.74) is 0.489. The van der Waals surface area contributed by atoms with Gasteiger partial charge in [-0.25, -0.2) is 9.97 Å². The van der Waals surface area contributed by atoms with E-state index in [4.69, 9.17) is 0 Å². The molecule has 2 N–H and O–H groups in total. The van der Waals surface area contributed by atoms with E-state index in [1.165, 1.54) is 6.33 Å². The zero-order valence-electron chi connectivity index (χ0n) is 13.3. The molecule has 0 aliphatic rings.